The van der Waals surface area contributed by atoms with Crippen LogP contribution >= 0.6 is 0 Å². The van der Waals surface area contributed by atoms with E-state index in [-0.39, 0.29) is 12.5 Å². The summed E-state index contributed by atoms with van der Waals surface area (Å²) in [5.41, 5.74) is -0.323. The molecule has 0 aliphatic carbocycles. The van der Waals surface area contributed by atoms with E-state index < -0.39 is 11.6 Å². The number of hydrogen-bond acceptors (Lipinski definition) is 4. The van der Waals surface area contributed by atoms with Gasteiger partial charge in [0.2, 0.25) is 0 Å². The van der Waals surface area contributed by atoms with Crippen LogP contribution in [-0.2, 0) is 15.1 Å². The Kier molecular flexibility index (Phi) is 4.47. The molecule has 1 heterocycles. The molecule has 1 aliphatic heterocycles. The van der Waals surface area contributed by atoms with Gasteiger partial charge in [-0.25, -0.2) is 4.79 Å². The first-order valence-electron chi connectivity index (χ1n) is 6.89. The minimum absolute atomic E-state index is 0.254. The number of ether oxygens (including phenoxy) is 2. The molecule has 3 amide bonds. The van der Waals surface area contributed by atoms with Crippen LogP contribution in [0.15, 0.2) is 24.3 Å². The molecule has 114 valence electrons. The standard InChI is InChI=1S/C15H20N2O4/c1-4-21-10-9-17-13(18)15(2,16-14(17)19)11-5-7-12(20-3)8-6-11/h5-8H,4,9-10H2,1-3H3,(H,16,19)/t15-/m1/s1. The average Bonchev–Trinajstić information content (AvgIpc) is 2.71. The Labute approximate surface area is 124 Å². The highest BCUT2D eigenvalue weighted by molar-refractivity contribution is 6.07. The molecule has 6 nitrogen and oxygen atoms in total. The highest BCUT2D eigenvalue weighted by atomic mass is 16.5. The first-order chi connectivity index (χ1) is 10.0. The van der Waals surface area contributed by atoms with Gasteiger partial charge in [-0.05, 0) is 31.5 Å². The molecule has 1 fully saturated rings. The SMILES string of the molecule is CCOCCN1C(=O)N[C@](C)(c2ccc(OC)cc2)C1=O. The number of urea groups is 1. The van der Waals surface area contributed by atoms with Crippen molar-refractivity contribution in [3.63, 3.8) is 0 Å². The zero-order valence-electron chi connectivity index (χ0n) is 12.5. The van der Waals surface area contributed by atoms with Gasteiger partial charge in [-0.3, -0.25) is 9.69 Å². The summed E-state index contributed by atoms with van der Waals surface area (Å²) in [6.45, 7) is 4.72. The van der Waals surface area contributed by atoms with Crippen molar-refractivity contribution in [3.05, 3.63) is 29.8 Å². The summed E-state index contributed by atoms with van der Waals surface area (Å²) in [4.78, 5) is 25.7. The van der Waals surface area contributed by atoms with Crippen LogP contribution < -0.4 is 10.1 Å². The second kappa shape index (κ2) is 6.13. The van der Waals surface area contributed by atoms with Gasteiger partial charge in [-0.15, -0.1) is 0 Å². The Bertz CT molecular complexity index is 529. The maximum absolute atomic E-state index is 12.5. The van der Waals surface area contributed by atoms with Crippen LogP contribution in [0.25, 0.3) is 0 Å². The highest BCUT2D eigenvalue weighted by Crippen LogP contribution is 2.29. The number of carbonyl (C=O) groups is 2. The lowest BCUT2D eigenvalue weighted by Crippen LogP contribution is -2.41. The van der Waals surface area contributed by atoms with Crippen molar-refractivity contribution in [2.75, 3.05) is 26.9 Å². The third-order valence-electron chi connectivity index (χ3n) is 3.61. The Morgan fingerprint density at radius 2 is 1.90 bits per heavy atom. The maximum Gasteiger partial charge on any atom is 0.325 e. The summed E-state index contributed by atoms with van der Waals surface area (Å²) in [7, 11) is 1.58. The molecule has 1 aromatic carbocycles. The third kappa shape index (κ3) is 2.85. The predicted octanol–water partition coefficient (Wildman–Crippen LogP) is 1.50. The van der Waals surface area contributed by atoms with Crippen molar-refractivity contribution in [1.29, 1.82) is 0 Å². The Morgan fingerprint density at radius 3 is 2.48 bits per heavy atom. The van der Waals surface area contributed by atoms with Gasteiger partial charge in [-0.1, -0.05) is 12.1 Å². The molecular weight excluding hydrogens is 272 g/mol. The summed E-state index contributed by atoms with van der Waals surface area (Å²) in [6.07, 6.45) is 0. The van der Waals surface area contributed by atoms with Crippen LogP contribution in [0.2, 0.25) is 0 Å². The largest absolute Gasteiger partial charge is 0.497 e. The normalized spacial score (nSPS) is 21.6. The Hall–Kier alpha value is -2.08. The number of rotatable bonds is 6. The van der Waals surface area contributed by atoms with Gasteiger partial charge in [0.1, 0.15) is 11.3 Å². The van der Waals surface area contributed by atoms with Crippen LogP contribution in [0, 0.1) is 0 Å². The first kappa shape index (κ1) is 15.3. The van der Waals surface area contributed by atoms with Gasteiger partial charge in [0.15, 0.2) is 0 Å². The van der Waals surface area contributed by atoms with Gasteiger partial charge in [-0.2, -0.15) is 0 Å². The number of methoxy groups -OCH3 is 1. The summed E-state index contributed by atoms with van der Waals surface area (Å²) in [6, 6.07) is 6.70. The fourth-order valence-corrected chi connectivity index (χ4v) is 2.32. The molecule has 1 saturated heterocycles. The van der Waals surface area contributed by atoms with E-state index in [4.69, 9.17) is 9.47 Å². The number of nitrogens with one attached hydrogen (secondary N) is 1. The average molecular weight is 292 g/mol. The van der Waals surface area contributed by atoms with Gasteiger partial charge < -0.3 is 14.8 Å². The number of benzene rings is 1. The first-order valence-corrected chi connectivity index (χ1v) is 6.89. The molecular formula is C15H20N2O4. The monoisotopic (exact) mass is 292 g/mol. The molecule has 1 N–H and O–H groups in total. The Morgan fingerprint density at radius 1 is 1.24 bits per heavy atom. The van der Waals surface area contributed by atoms with Crippen molar-refractivity contribution < 1.29 is 19.1 Å². The maximum atomic E-state index is 12.5. The van der Waals surface area contributed by atoms with Crippen molar-refractivity contribution in [3.8, 4) is 5.75 Å². The van der Waals surface area contributed by atoms with E-state index in [2.05, 4.69) is 5.32 Å². The highest BCUT2D eigenvalue weighted by Gasteiger charge is 2.48. The second-order valence-electron chi connectivity index (χ2n) is 4.94. The van der Waals surface area contributed by atoms with Crippen LogP contribution in [0.1, 0.15) is 19.4 Å². The zero-order chi connectivity index (χ0) is 15.5. The third-order valence-corrected chi connectivity index (χ3v) is 3.61. The molecule has 0 bridgehead atoms. The topological polar surface area (TPSA) is 67.9 Å². The quantitative estimate of drug-likeness (QED) is 0.637. The fraction of sp³-hybridized carbons (Fsp3) is 0.467. The van der Waals surface area contributed by atoms with E-state index in [1.165, 1.54) is 4.90 Å². The fourth-order valence-electron chi connectivity index (χ4n) is 2.32. The molecule has 1 aliphatic rings. The number of imide groups is 1. The molecule has 0 aromatic heterocycles. The lowest BCUT2D eigenvalue weighted by Gasteiger charge is -2.22. The summed E-state index contributed by atoms with van der Waals surface area (Å²) in [5.74, 6) is 0.435. The molecule has 1 aromatic rings. The molecule has 6 heteroatoms. The van der Waals surface area contributed by atoms with E-state index in [1.807, 2.05) is 6.92 Å². The number of carbonyl (C=O) groups excluding carboxylic acids is 2. The van der Waals surface area contributed by atoms with Crippen LogP contribution in [-0.4, -0.2) is 43.7 Å². The molecule has 0 unspecified atom stereocenters. The molecule has 21 heavy (non-hydrogen) atoms. The minimum Gasteiger partial charge on any atom is -0.497 e. The van der Waals surface area contributed by atoms with E-state index >= 15 is 0 Å². The van der Waals surface area contributed by atoms with Crippen molar-refractivity contribution in [2.45, 2.75) is 19.4 Å². The van der Waals surface area contributed by atoms with Gasteiger partial charge >= 0.3 is 6.03 Å². The van der Waals surface area contributed by atoms with Gasteiger partial charge in [0, 0.05) is 6.61 Å². The molecule has 2 rings (SSSR count). The smallest absolute Gasteiger partial charge is 0.325 e. The second-order valence-corrected chi connectivity index (χ2v) is 4.94. The predicted molar refractivity (Wildman–Crippen MR) is 77.1 cm³/mol. The minimum atomic E-state index is -1.05. The number of hydrogen-bond donors (Lipinski definition) is 1. The van der Waals surface area contributed by atoms with E-state index in [0.717, 1.165) is 5.56 Å². The lowest BCUT2D eigenvalue weighted by atomic mass is 9.92. The van der Waals surface area contributed by atoms with E-state index in [1.54, 1.807) is 38.3 Å². The van der Waals surface area contributed by atoms with Crippen molar-refractivity contribution in [2.24, 2.45) is 0 Å². The van der Waals surface area contributed by atoms with Crippen LogP contribution in [0.3, 0.4) is 0 Å². The van der Waals surface area contributed by atoms with Gasteiger partial charge in [0.05, 0.1) is 20.3 Å². The van der Waals surface area contributed by atoms with Crippen LogP contribution in [0.5, 0.6) is 5.75 Å². The lowest BCUT2D eigenvalue weighted by molar-refractivity contribution is -0.131. The number of amides is 3. The van der Waals surface area contributed by atoms with Gasteiger partial charge in [0.25, 0.3) is 5.91 Å². The van der Waals surface area contributed by atoms with Crippen LogP contribution in [0.4, 0.5) is 4.79 Å². The molecule has 1 atom stereocenters. The van der Waals surface area contributed by atoms with Crippen molar-refractivity contribution >= 4 is 11.9 Å². The number of nitrogens with zero attached hydrogens (tertiary/aromatic N) is 1. The summed E-state index contributed by atoms with van der Waals surface area (Å²) >= 11 is 0. The summed E-state index contributed by atoms with van der Waals surface area (Å²) in [5, 5.41) is 2.75. The zero-order valence-corrected chi connectivity index (χ0v) is 12.5. The molecule has 0 radical (unpaired) electrons. The van der Waals surface area contributed by atoms with Crippen molar-refractivity contribution in [1.82, 2.24) is 10.2 Å². The summed E-state index contributed by atoms with van der Waals surface area (Å²) < 4.78 is 10.3. The molecule has 0 spiro atoms. The van der Waals surface area contributed by atoms with E-state index in [0.29, 0.717) is 19.0 Å². The molecule has 0 saturated carbocycles. The van der Waals surface area contributed by atoms with E-state index in [9.17, 15) is 9.59 Å². The Balaban J connectivity index is 2.18.